The molecule has 0 saturated heterocycles. The molecule has 0 aliphatic carbocycles. The second-order valence-corrected chi connectivity index (χ2v) is 8.11. The normalized spacial score (nSPS) is 11.9. The molecule has 1 unspecified atom stereocenters. The van der Waals surface area contributed by atoms with Crippen LogP contribution in [0.15, 0.2) is 63.8 Å². The van der Waals surface area contributed by atoms with E-state index in [1.54, 1.807) is 19.9 Å². The van der Waals surface area contributed by atoms with E-state index in [2.05, 4.69) is 5.32 Å². The molecule has 4 aromatic rings. The second kappa shape index (κ2) is 9.07. The number of nitrogen functional groups attached to an aromatic ring is 1. The topological polar surface area (TPSA) is 97.4 Å². The average Bonchev–Trinajstić information content (AvgIpc) is 2.83. The van der Waals surface area contributed by atoms with Crippen LogP contribution in [0, 0.1) is 25.5 Å². The zero-order valence-electron chi connectivity index (χ0n) is 18.8. The van der Waals surface area contributed by atoms with Gasteiger partial charge in [0, 0.05) is 16.7 Å². The van der Waals surface area contributed by atoms with E-state index in [0.717, 1.165) is 17.2 Å². The van der Waals surface area contributed by atoms with Crippen molar-refractivity contribution in [2.24, 2.45) is 5.84 Å². The molecule has 0 radical (unpaired) electrons. The summed E-state index contributed by atoms with van der Waals surface area (Å²) in [4.78, 5) is 25.4. The van der Waals surface area contributed by atoms with Crippen LogP contribution in [0.25, 0.3) is 22.3 Å². The molecule has 4 rings (SSSR count). The molecule has 0 spiro atoms. The molecule has 174 valence electrons. The SMILES string of the molecule is Cc1cc(C(C)Nc2ccc(F)c(F)c2C(=O)NN)c2oc(-c3ccccc3)c(C)c(=O)c2c1. The first kappa shape index (κ1) is 23.1. The zero-order valence-corrected chi connectivity index (χ0v) is 18.8. The Hall–Kier alpha value is -4.04. The van der Waals surface area contributed by atoms with Gasteiger partial charge in [-0.15, -0.1) is 0 Å². The Morgan fingerprint density at radius 2 is 1.76 bits per heavy atom. The molecule has 1 heterocycles. The van der Waals surface area contributed by atoms with Crippen LogP contribution >= 0.6 is 0 Å². The number of amides is 1. The van der Waals surface area contributed by atoms with Gasteiger partial charge in [0.1, 0.15) is 16.9 Å². The molecular weight excluding hydrogens is 440 g/mol. The van der Waals surface area contributed by atoms with Crippen molar-refractivity contribution in [1.82, 2.24) is 5.43 Å². The highest BCUT2D eigenvalue weighted by Gasteiger charge is 2.23. The van der Waals surface area contributed by atoms with Gasteiger partial charge in [-0.3, -0.25) is 15.0 Å². The van der Waals surface area contributed by atoms with Crippen LogP contribution in [-0.4, -0.2) is 5.91 Å². The fourth-order valence-corrected chi connectivity index (χ4v) is 4.03. The Kier molecular flexibility index (Phi) is 6.17. The molecule has 8 heteroatoms. The molecule has 3 aromatic carbocycles. The Morgan fingerprint density at radius 1 is 1.06 bits per heavy atom. The quantitative estimate of drug-likeness (QED) is 0.217. The lowest BCUT2D eigenvalue weighted by molar-refractivity contribution is 0.0949. The Labute approximate surface area is 194 Å². The minimum atomic E-state index is -1.32. The number of carbonyl (C=O) groups excluding carboxylic acids is 1. The predicted molar refractivity (Wildman–Crippen MR) is 127 cm³/mol. The van der Waals surface area contributed by atoms with Crippen LogP contribution in [-0.2, 0) is 0 Å². The van der Waals surface area contributed by atoms with E-state index in [1.807, 2.05) is 48.7 Å². The van der Waals surface area contributed by atoms with Gasteiger partial charge in [0.05, 0.1) is 17.1 Å². The van der Waals surface area contributed by atoms with Crippen LogP contribution in [0.2, 0.25) is 0 Å². The number of nitrogens with one attached hydrogen (secondary N) is 2. The lowest BCUT2D eigenvalue weighted by Crippen LogP contribution is -2.32. The van der Waals surface area contributed by atoms with Gasteiger partial charge >= 0.3 is 0 Å². The standard InChI is InChI=1S/C26H23F2N3O3/c1-13-11-17(15(3)30-20-10-9-19(27)22(28)21(20)26(33)31-29)25-18(12-13)23(32)14(2)24(34-25)16-7-5-4-6-8-16/h4-12,15,30H,29H2,1-3H3,(H,31,33). The van der Waals surface area contributed by atoms with Gasteiger partial charge in [0.15, 0.2) is 17.1 Å². The number of rotatable bonds is 5. The van der Waals surface area contributed by atoms with Gasteiger partial charge in [-0.2, -0.15) is 0 Å². The first-order chi connectivity index (χ1) is 16.2. The molecule has 6 nitrogen and oxygen atoms in total. The molecule has 0 aliphatic heterocycles. The largest absolute Gasteiger partial charge is 0.455 e. The molecule has 1 aromatic heterocycles. The molecule has 1 atom stereocenters. The minimum absolute atomic E-state index is 0.0433. The molecule has 0 aliphatic rings. The number of aryl methyl sites for hydroxylation is 1. The number of hydrogen-bond donors (Lipinski definition) is 3. The fraction of sp³-hybridized carbons (Fsp3) is 0.154. The number of benzene rings is 3. The summed E-state index contributed by atoms with van der Waals surface area (Å²) in [7, 11) is 0. The lowest BCUT2D eigenvalue weighted by atomic mass is 9.98. The molecule has 34 heavy (non-hydrogen) atoms. The van der Waals surface area contributed by atoms with Crippen LogP contribution in [0.4, 0.5) is 14.5 Å². The van der Waals surface area contributed by atoms with Gasteiger partial charge in [0.25, 0.3) is 5.91 Å². The second-order valence-electron chi connectivity index (χ2n) is 8.11. The molecule has 4 N–H and O–H groups in total. The predicted octanol–water partition coefficient (Wildman–Crippen LogP) is 5.13. The lowest BCUT2D eigenvalue weighted by Gasteiger charge is -2.20. The van der Waals surface area contributed by atoms with Gasteiger partial charge in [-0.25, -0.2) is 14.6 Å². The molecular formula is C26H23F2N3O3. The van der Waals surface area contributed by atoms with Crippen molar-refractivity contribution in [3.8, 4) is 11.3 Å². The van der Waals surface area contributed by atoms with E-state index in [9.17, 15) is 18.4 Å². The molecule has 0 fully saturated rings. The van der Waals surface area contributed by atoms with Crippen LogP contribution in [0.5, 0.6) is 0 Å². The molecule has 1 amide bonds. The molecule has 0 saturated carbocycles. The first-order valence-electron chi connectivity index (χ1n) is 10.6. The monoisotopic (exact) mass is 463 g/mol. The number of hydrazine groups is 1. The van der Waals surface area contributed by atoms with E-state index in [4.69, 9.17) is 10.3 Å². The maximum atomic E-state index is 14.4. The van der Waals surface area contributed by atoms with Crippen molar-refractivity contribution in [3.63, 3.8) is 0 Å². The van der Waals surface area contributed by atoms with Gasteiger partial charge < -0.3 is 9.73 Å². The number of halogens is 2. The highest BCUT2D eigenvalue weighted by molar-refractivity contribution is 5.99. The van der Waals surface area contributed by atoms with Crippen molar-refractivity contribution in [2.75, 3.05) is 5.32 Å². The number of hydrogen-bond acceptors (Lipinski definition) is 5. The molecule has 0 bridgehead atoms. The summed E-state index contributed by atoms with van der Waals surface area (Å²) in [6, 6.07) is 14.5. The number of anilines is 1. The number of carbonyl (C=O) groups is 1. The highest BCUT2D eigenvalue weighted by Crippen LogP contribution is 2.33. The maximum Gasteiger partial charge on any atom is 0.270 e. The Morgan fingerprint density at radius 3 is 2.44 bits per heavy atom. The zero-order chi connectivity index (χ0) is 24.6. The summed E-state index contributed by atoms with van der Waals surface area (Å²) in [6.07, 6.45) is 0. The highest BCUT2D eigenvalue weighted by atomic mass is 19.2. The van der Waals surface area contributed by atoms with Crippen molar-refractivity contribution in [2.45, 2.75) is 26.8 Å². The van der Waals surface area contributed by atoms with Gasteiger partial charge in [-0.05, 0) is 44.5 Å². The van der Waals surface area contributed by atoms with Crippen LogP contribution in [0.3, 0.4) is 0 Å². The third kappa shape index (κ3) is 4.04. The van der Waals surface area contributed by atoms with E-state index in [-0.39, 0.29) is 11.1 Å². The van der Waals surface area contributed by atoms with Crippen LogP contribution in [0.1, 0.15) is 40.0 Å². The summed E-state index contributed by atoms with van der Waals surface area (Å²) in [5.74, 6) is 2.15. The smallest absolute Gasteiger partial charge is 0.270 e. The summed E-state index contributed by atoms with van der Waals surface area (Å²) < 4.78 is 34.5. The fourth-order valence-electron chi connectivity index (χ4n) is 4.03. The van der Waals surface area contributed by atoms with Gasteiger partial charge in [-0.1, -0.05) is 36.4 Å². The van der Waals surface area contributed by atoms with E-state index in [1.165, 1.54) is 6.07 Å². The summed E-state index contributed by atoms with van der Waals surface area (Å²) >= 11 is 0. The summed E-state index contributed by atoms with van der Waals surface area (Å²) in [5.41, 5.74) is 4.22. The van der Waals surface area contributed by atoms with E-state index < -0.39 is 29.1 Å². The van der Waals surface area contributed by atoms with Gasteiger partial charge in [0.2, 0.25) is 0 Å². The van der Waals surface area contributed by atoms with E-state index >= 15 is 0 Å². The third-order valence-electron chi connectivity index (χ3n) is 5.72. The van der Waals surface area contributed by atoms with Crippen molar-refractivity contribution < 1.29 is 18.0 Å². The number of nitrogens with two attached hydrogens (primary N) is 1. The first-order valence-corrected chi connectivity index (χ1v) is 10.6. The average molecular weight is 463 g/mol. The van der Waals surface area contributed by atoms with Crippen molar-refractivity contribution in [3.05, 3.63) is 98.7 Å². The number of fused-ring (bicyclic) bond motifs is 1. The van der Waals surface area contributed by atoms with E-state index in [0.29, 0.717) is 27.9 Å². The van der Waals surface area contributed by atoms with Crippen LogP contribution < -0.4 is 22.0 Å². The maximum absolute atomic E-state index is 14.4. The summed E-state index contributed by atoms with van der Waals surface area (Å²) in [5, 5.41) is 3.45. The Balaban J connectivity index is 1.89. The summed E-state index contributed by atoms with van der Waals surface area (Å²) in [6.45, 7) is 5.33. The third-order valence-corrected chi connectivity index (χ3v) is 5.72. The Bertz CT molecular complexity index is 1470. The minimum Gasteiger partial charge on any atom is -0.455 e. The van der Waals surface area contributed by atoms with Crippen molar-refractivity contribution >= 4 is 22.6 Å². The van der Waals surface area contributed by atoms with Crippen molar-refractivity contribution in [1.29, 1.82) is 0 Å².